The maximum atomic E-state index is 14.4. The Balaban J connectivity index is 1.83. The second-order valence-electron chi connectivity index (χ2n) is 6.57. The van der Waals surface area contributed by atoms with Crippen LogP contribution in [0.25, 0.3) is 0 Å². The summed E-state index contributed by atoms with van der Waals surface area (Å²) in [7, 11) is 0. The van der Waals surface area contributed by atoms with E-state index in [1.165, 1.54) is 0 Å². The highest BCUT2D eigenvalue weighted by atomic mass is 19.1. The van der Waals surface area contributed by atoms with Gasteiger partial charge in [0, 0.05) is 12.0 Å². The molecule has 3 atom stereocenters. The molecule has 0 saturated carbocycles. The number of hydrogen-bond acceptors (Lipinski definition) is 6. The third-order valence-electron chi connectivity index (χ3n) is 4.32. The van der Waals surface area contributed by atoms with Crippen molar-refractivity contribution in [3.63, 3.8) is 0 Å². The van der Waals surface area contributed by atoms with Crippen LogP contribution in [-0.2, 0) is 4.74 Å². The maximum Gasteiger partial charge on any atom is 0.351 e. The first kappa shape index (κ1) is 19.2. The number of aliphatic hydroxyl groups excluding tert-OH is 2. The molecule has 8 nitrogen and oxygen atoms in total. The first-order valence-corrected chi connectivity index (χ1v) is 8.41. The second-order valence-corrected chi connectivity index (χ2v) is 6.57. The van der Waals surface area contributed by atoms with Crippen molar-refractivity contribution in [3.05, 3.63) is 57.4 Å². The Morgan fingerprint density at radius 2 is 2.04 bits per heavy atom. The number of halogens is 1. The summed E-state index contributed by atoms with van der Waals surface area (Å²) in [6.07, 6.45) is -1.90. The molecule has 1 saturated heterocycles. The van der Waals surface area contributed by atoms with Gasteiger partial charge < -0.3 is 20.3 Å². The van der Waals surface area contributed by atoms with Crippen molar-refractivity contribution in [1.82, 2.24) is 9.55 Å². The lowest BCUT2D eigenvalue weighted by atomic mass is 10.1. The van der Waals surface area contributed by atoms with Crippen LogP contribution >= 0.6 is 0 Å². The molecule has 1 amide bonds. The van der Waals surface area contributed by atoms with Crippen LogP contribution in [0.3, 0.4) is 0 Å². The van der Waals surface area contributed by atoms with Crippen molar-refractivity contribution in [2.75, 3.05) is 11.9 Å². The van der Waals surface area contributed by atoms with Gasteiger partial charge in [-0.3, -0.25) is 9.36 Å². The third-order valence-corrected chi connectivity index (χ3v) is 4.32. The van der Waals surface area contributed by atoms with E-state index in [0.29, 0.717) is 5.56 Å². The molecule has 1 aliphatic rings. The lowest BCUT2D eigenvalue weighted by Crippen LogP contribution is -2.30. The topological polar surface area (TPSA) is 114 Å². The fraction of sp³-hybridized carbons (Fsp3) is 0.389. The van der Waals surface area contributed by atoms with Gasteiger partial charge in [-0.25, -0.2) is 9.18 Å². The molecule has 9 heteroatoms. The minimum absolute atomic E-state index is 0.0144. The second kappa shape index (κ2) is 7.55. The van der Waals surface area contributed by atoms with Gasteiger partial charge >= 0.3 is 5.69 Å². The Bertz CT molecular complexity index is 909. The maximum absolute atomic E-state index is 14.4. The summed E-state index contributed by atoms with van der Waals surface area (Å²) in [4.78, 5) is 28.1. The van der Waals surface area contributed by atoms with Gasteiger partial charge in [-0.05, 0) is 26.0 Å². The SMILES string of the molecule is Cc1cc(C)cc(C(=O)Nc2nc(=O)n([C@H]3C[C@H](O)[C@@H](CO)O3)cc2F)c1. The summed E-state index contributed by atoms with van der Waals surface area (Å²) in [6.45, 7) is 3.24. The fourth-order valence-electron chi connectivity index (χ4n) is 3.07. The zero-order valence-electron chi connectivity index (χ0n) is 14.8. The molecule has 0 aliphatic carbocycles. The number of anilines is 1. The van der Waals surface area contributed by atoms with Crippen LogP contribution < -0.4 is 11.0 Å². The lowest BCUT2D eigenvalue weighted by Gasteiger charge is -2.15. The molecule has 0 radical (unpaired) electrons. The number of rotatable bonds is 4. The highest BCUT2D eigenvalue weighted by molar-refractivity contribution is 6.04. The van der Waals surface area contributed by atoms with Crippen LogP contribution in [-0.4, -0.2) is 44.5 Å². The van der Waals surface area contributed by atoms with E-state index in [0.717, 1.165) is 21.9 Å². The van der Waals surface area contributed by atoms with Crippen molar-refractivity contribution >= 4 is 11.7 Å². The number of carbonyl (C=O) groups excluding carboxylic acids is 1. The third kappa shape index (κ3) is 4.05. The van der Waals surface area contributed by atoms with E-state index in [-0.39, 0.29) is 6.42 Å². The van der Waals surface area contributed by atoms with Crippen LogP contribution in [0.4, 0.5) is 10.2 Å². The van der Waals surface area contributed by atoms with Crippen LogP contribution in [0.1, 0.15) is 34.1 Å². The van der Waals surface area contributed by atoms with Gasteiger partial charge in [0.2, 0.25) is 0 Å². The average molecular weight is 377 g/mol. The van der Waals surface area contributed by atoms with Crippen molar-refractivity contribution in [2.45, 2.75) is 38.7 Å². The quantitative estimate of drug-likeness (QED) is 0.729. The molecule has 1 aromatic heterocycles. The van der Waals surface area contributed by atoms with E-state index in [4.69, 9.17) is 9.84 Å². The smallest absolute Gasteiger partial charge is 0.351 e. The Morgan fingerprint density at radius 1 is 1.37 bits per heavy atom. The number of nitrogens with zero attached hydrogens (tertiary/aromatic N) is 2. The number of nitrogens with one attached hydrogen (secondary N) is 1. The number of carbonyl (C=O) groups is 1. The summed E-state index contributed by atoms with van der Waals surface area (Å²) >= 11 is 0. The molecule has 1 fully saturated rings. The van der Waals surface area contributed by atoms with E-state index in [1.54, 1.807) is 12.1 Å². The van der Waals surface area contributed by atoms with E-state index >= 15 is 0 Å². The summed E-state index contributed by atoms with van der Waals surface area (Å²) in [5.41, 5.74) is 1.23. The molecule has 3 rings (SSSR count). The normalized spacial score (nSPS) is 22.0. The van der Waals surface area contributed by atoms with E-state index < -0.39 is 48.3 Å². The molecule has 3 N–H and O–H groups in total. The lowest BCUT2D eigenvalue weighted by molar-refractivity contribution is -0.0461. The van der Waals surface area contributed by atoms with Crippen LogP contribution in [0.5, 0.6) is 0 Å². The number of hydrogen-bond donors (Lipinski definition) is 3. The summed E-state index contributed by atoms with van der Waals surface area (Å²) < 4.78 is 20.6. The van der Waals surface area contributed by atoms with Gasteiger partial charge in [0.1, 0.15) is 12.3 Å². The molecule has 0 spiro atoms. The van der Waals surface area contributed by atoms with Crippen LogP contribution in [0.15, 0.2) is 29.2 Å². The van der Waals surface area contributed by atoms with Crippen LogP contribution in [0, 0.1) is 19.7 Å². The van der Waals surface area contributed by atoms with Gasteiger partial charge in [0.15, 0.2) is 11.6 Å². The fourth-order valence-corrected chi connectivity index (χ4v) is 3.07. The molecule has 27 heavy (non-hydrogen) atoms. The Morgan fingerprint density at radius 3 is 2.63 bits per heavy atom. The monoisotopic (exact) mass is 377 g/mol. The molecular weight excluding hydrogens is 357 g/mol. The Kier molecular flexibility index (Phi) is 5.36. The molecule has 0 bridgehead atoms. The van der Waals surface area contributed by atoms with Crippen molar-refractivity contribution < 1.29 is 24.1 Å². The number of benzene rings is 1. The molecule has 1 aliphatic heterocycles. The van der Waals surface area contributed by atoms with Gasteiger partial charge in [0.05, 0.1) is 18.9 Å². The summed E-state index contributed by atoms with van der Waals surface area (Å²) in [5, 5.41) is 21.2. The number of aromatic nitrogens is 2. The van der Waals surface area contributed by atoms with Gasteiger partial charge in [-0.15, -0.1) is 0 Å². The zero-order valence-corrected chi connectivity index (χ0v) is 14.8. The predicted molar refractivity (Wildman–Crippen MR) is 93.9 cm³/mol. The molecular formula is C18H20FN3O5. The standard InChI is InChI=1S/C18H20FN3O5/c1-9-3-10(2)5-11(4-9)17(25)20-16-12(19)7-22(18(26)21-16)15-6-13(24)14(8-23)27-15/h3-5,7,13-15,23-24H,6,8H2,1-2H3,(H,20,21,25,26)/t13-,14+,15+/m0/s1. The molecule has 0 unspecified atom stereocenters. The zero-order chi connectivity index (χ0) is 19.7. The molecule has 144 valence electrons. The first-order chi connectivity index (χ1) is 12.8. The van der Waals surface area contributed by atoms with Gasteiger partial charge in [-0.1, -0.05) is 17.2 Å². The number of amides is 1. The average Bonchev–Trinajstić information content (AvgIpc) is 2.97. The van der Waals surface area contributed by atoms with Crippen molar-refractivity contribution in [1.29, 1.82) is 0 Å². The van der Waals surface area contributed by atoms with Crippen molar-refractivity contribution in [3.8, 4) is 0 Å². The molecule has 2 aromatic rings. The Labute approximate surface area is 154 Å². The molecule has 2 heterocycles. The number of ether oxygens (including phenoxy) is 1. The molecule has 1 aromatic carbocycles. The van der Waals surface area contributed by atoms with Crippen LogP contribution in [0.2, 0.25) is 0 Å². The van der Waals surface area contributed by atoms with E-state index in [9.17, 15) is 19.1 Å². The van der Waals surface area contributed by atoms with Gasteiger partial charge in [-0.2, -0.15) is 4.98 Å². The highest BCUT2D eigenvalue weighted by Crippen LogP contribution is 2.27. The van der Waals surface area contributed by atoms with E-state index in [2.05, 4.69) is 10.3 Å². The van der Waals surface area contributed by atoms with Crippen molar-refractivity contribution in [2.24, 2.45) is 0 Å². The predicted octanol–water partition coefficient (Wildman–Crippen LogP) is 0.892. The minimum Gasteiger partial charge on any atom is -0.394 e. The van der Waals surface area contributed by atoms with Gasteiger partial charge in [0.25, 0.3) is 5.91 Å². The Hall–Kier alpha value is -2.62. The van der Waals surface area contributed by atoms with E-state index in [1.807, 2.05) is 19.9 Å². The summed E-state index contributed by atoms with van der Waals surface area (Å²) in [5.74, 6) is -1.99. The first-order valence-electron chi connectivity index (χ1n) is 8.41. The number of aryl methyl sites for hydroxylation is 2. The minimum atomic E-state index is -0.973. The summed E-state index contributed by atoms with van der Waals surface area (Å²) in [6, 6.07) is 5.18. The number of aliphatic hydroxyl groups is 2. The largest absolute Gasteiger partial charge is 0.394 e. The highest BCUT2D eigenvalue weighted by Gasteiger charge is 2.35.